The molecule has 1 N–H and O–H groups in total. The summed E-state index contributed by atoms with van der Waals surface area (Å²) in [5.41, 5.74) is 2.56. The minimum absolute atomic E-state index is 0.369. The summed E-state index contributed by atoms with van der Waals surface area (Å²) >= 11 is 0. The van der Waals surface area contributed by atoms with Crippen LogP contribution in [0.3, 0.4) is 0 Å². The summed E-state index contributed by atoms with van der Waals surface area (Å²) in [7, 11) is 1.72. The fourth-order valence-corrected chi connectivity index (χ4v) is 2.30. The summed E-state index contributed by atoms with van der Waals surface area (Å²) < 4.78 is 5.38. The summed E-state index contributed by atoms with van der Waals surface area (Å²) in [5.74, 6) is 0.958. The van der Waals surface area contributed by atoms with Crippen LogP contribution in [0.25, 0.3) is 0 Å². The van der Waals surface area contributed by atoms with Gasteiger partial charge in [-0.15, -0.1) is 0 Å². The summed E-state index contributed by atoms with van der Waals surface area (Å²) in [6.45, 7) is 2.18. The molecule has 0 bridgehead atoms. The predicted octanol–water partition coefficient (Wildman–Crippen LogP) is 3.97. The molecule has 2 heteroatoms. The molecule has 2 rings (SSSR count). The summed E-state index contributed by atoms with van der Waals surface area (Å²) in [4.78, 5) is 0. The Labute approximate surface area is 127 Å². The van der Waals surface area contributed by atoms with Crippen LogP contribution in [0, 0.1) is 0 Å². The van der Waals surface area contributed by atoms with E-state index in [4.69, 9.17) is 4.74 Å². The second kappa shape index (κ2) is 8.15. The molecule has 1 atom stereocenters. The molecule has 0 saturated carbocycles. The van der Waals surface area contributed by atoms with Crippen molar-refractivity contribution in [3.63, 3.8) is 0 Å². The van der Waals surface area contributed by atoms with E-state index in [1.165, 1.54) is 11.1 Å². The van der Waals surface area contributed by atoms with Crippen LogP contribution in [0.2, 0.25) is 0 Å². The Hall–Kier alpha value is -2.22. The van der Waals surface area contributed by atoms with Gasteiger partial charge in [-0.3, -0.25) is 0 Å². The van der Waals surface area contributed by atoms with E-state index in [2.05, 4.69) is 54.7 Å². The van der Waals surface area contributed by atoms with Gasteiger partial charge in [-0.25, -0.2) is 0 Å². The van der Waals surface area contributed by atoms with Crippen molar-refractivity contribution >= 4 is 0 Å². The first-order chi connectivity index (χ1) is 10.3. The highest BCUT2D eigenvalue weighted by Crippen LogP contribution is 2.18. The standard InChI is InChI=1S/C19H23NO/c1-16(15-18-12-6-7-13-19(18)21-2)20-14-8-11-17-9-4-3-5-10-17/h3-10,12-14,16,20H,11,15H2,1-2H3/b14-8+. The molecule has 0 amide bonds. The minimum Gasteiger partial charge on any atom is -0.496 e. The molecule has 21 heavy (non-hydrogen) atoms. The van der Waals surface area contributed by atoms with Crippen molar-refractivity contribution in [1.82, 2.24) is 5.32 Å². The molecule has 0 aliphatic heterocycles. The van der Waals surface area contributed by atoms with Gasteiger partial charge in [0, 0.05) is 6.04 Å². The Morgan fingerprint density at radius 3 is 2.52 bits per heavy atom. The number of allylic oxidation sites excluding steroid dienone is 1. The molecule has 110 valence electrons. The fourth-order valence-electron chi connectivity index (χ4n) is 2.30. The molecule has 0 aliphatic carbocycles. The minimum atomic E-state index is 0.369. The van der Waals surface area contributed by atoms with Crippen molar-refractivity contribution in [2.75, 3.05) is 7.11 Å². The molecule has 1 unspecified atom stereocenters. The zero-order valence-electron chi connectivity index (χ0n) is 12.8. The van der Waals surface area contributed by atoms with Gasteiger partial charge < -0.3 is 10.1 Å². The number of nitrogens with one attached hydrogen (secondary N) is 1. The van der Waals surface area contributed by atoms with Gasteiger partial charge in [0.15, 0.2) is 0 Å². The highest BCUT2D eigenvalue weighted by Gasteiger charge is 2.05. The van der Waals surface area contributed by atoms with Crippen LogP contribution in [0.15, 0.2) is 66.9 Å². The van der Waals surface area contributed by atoms with Crippen molar-refractivity contribution in [2.24, 2.45) is 0 Å². The number of hydrogen-bond donors (Lipinski definition) is 1. The molecule has 2 nitrogen and oxygen atoms in total. The lowest BCUT2D eigenvalue weighted by atomic mass is 10.1. The third kappa shape index (κ3) is 4.99. The van der Waals surface area contributed by atoms with Crippen LogP contribution in [0.5, 0.6) is 5.75 Å². The maximum absolute atomic E-state index is 5.38. The average Bonchev–Trinajstić information content (AvgIpc) is 2.53. The highest BCUT2D eigenvalue weighted by molar-refractivity contribution is 5.33. The van der Waals surface area contributed by atoms with E-state index in [0.29, 0.717) is 6.04 Å². The maximum Gasteiger partial charge on any atom is 0.122 e. The van der Waals surface area contributed by atoms with Gasteiger partial charge in [0.2, 0.25) is 0 Å². The van der Waals surface area contributed by atoms with Gasteiger partial charge in [-0.05, 0) is 43.2 Å². The predicted molar refractivity (Wildman–Crippen MR) is 88.6 cm³/mol. The number of ether oxygens (including phenoxy) is 1. The molecule has 0 aliphatic rings. The number of para-hydroxylation sites is 1. The Bertz CT molecular complexity index is 563. The van der Waals surface area contributed by atoms with Crippen molar-refractivity contribution in [2.45, 2.75) is 25.8 Å². The SMILES string of the molecule is COc1ccccc1CC(C)N/C=C/Cc1ccccc1. The van der Waals surface area contributed by atoms with Crippen LogP contribution >= 0.6 is 0 Å². The molecule has 0 fully saturated rings. The van der Waals surface area contributed by atoms with E-state index in [9.17, 15) is 0 Å². The van der Waals surface area contributed by atoms with Crippen LogP contribution in [-0.2, 0) is 12.8 Å². The Balaban J connectivity index is 1.80. The van der Waals surface area contributed by atoms with E-state index in [0.717, 1.165) is 18.6 Å². The van der Waals surface area contributed by atoms with Crippen molar-refractivity contribution < 1.29 is 4.74 Å². The highest BCUT2D eigenvalue weighted by atomic mass is 16.5. The third-order valence-electron chi connectivity index (χ3n) is 3.41. The van der Waals surface area contributed by atoms with E-state index < -0.39 is 0 Å². The first-order valence-corrected chi connectivity index (χ1v) is 7.36. The summed E-state index contributed by atoms with van der Waals surface area (Å²) in [5, 5.41) is 3.42. The molecule has 0 spiro atoms. The molecule has 0 aromatic heterocycles. The van der Waals surface area contributed by atoms with Gasteiger partial charge in [0.25, 0.3) is 0 Å². The number of hydrogen-bond acceptors (Lipinski definition) is 2. The van der Waals surface area contributed by atoms with E-state index >= 15 is 0 Å². The molecule has 0 radical (unpaired) electrons. The maximum atomic E-state index is 5.38. The van der Waals surface area contributed by atoms with Crippen LogP contribution < -0.4 is 10.1 Å². The second-order valence-corrected chi connectivity index (χ2v) is 5.18. The topological polar surface area (TPSA) is 21.3 Å². The smallest absolute Gasteiger partial charge is 0.122 e. The fraction of sp³-hybridized carbons (Fsp3) is 0.263. The third-order valence-corrected chi connectivity index (χ3v) is 3.41. The molecular weight excluding hydrogens is 258 g/mol. The summed E-state index contributed by atoms with van der Waals surface area (Å²) in [6, 6.07) is 19.0. The molecule has 0 heterocycles. The lowest BCUT2D eigenvalue weighted by molar-refractivity contribution is 0.407. The van der Waals surface area contributed by atoms with Gasteiger partial charge in [-0.2, -0.15) is 0 Å². The number of rotatable bonds is 7. The molecule has 0 saturated heterocycles. The van der Waals surface area contributed by atoms with Gasteiger partial charge in [-0.1, -0.05) is 54.6 Å². The zero-order valence-corrected chi connectivity index (χ0v) is 12.8. The van der Waals surface area contributed by atoms with Gasteiger partial charge in [0.1, 0.15) is 5.75 Å². The first kappa shape index (κ1) is 15.2. The van der Waals surface area contributed by atoms with Gasteiger partial charge >= 0.3 is 0 Å². The summed E-state index contributed by atoms with van der Waals surface area (Å²) in [6.07, 6.45) is 6.11. The Morgan fingerprint density at radius 1 is 1.05 bits per heavy atom. The molecular formula is C19H23NO. The van der Waals surface area contributed by atoms with Crippen molar-refractivity contribution in [3.05, 3.63) is 78.0 Å². The van der Waals surface area contributed by atoms with E-state index in [1.807, 2.05) is 24.4 Å². The van der Waals surface area contributed by atoms with Crippen LogP contribution in [0.4, 0.5) is 0 Å². The number of benzene rings is 2. The van der Waals surface area contributed by atoms with E-state index in [1.54, 1.807) is 7.11 Å². The molecule has 2 aromatic carbocycles. The quantitative estimate of drug-likeness (QED) is 0.829. The second-order valence-electron chi connectivity index (χ2n) is 5.18. The molecule has 2 aromatic rings. The number of methoxy groups -OCH3 is 1. The normalized spacial score (nSPS) is 12.3. The van der Waals surface area contributed by atoms with Gasteiger partial charge in [0.05, 0.1) is 7.11 Å². The lowest BCUT2D eigenvalue weighted by Crippen LogP contribution is -2.23. The average molecular weight is 281 g/mol. The zero-order chi connectivity index (χ0) is 14.9. The first-order valence-electron chi connectivity index (χ1n) is 7.36. The largest absolute Gasteiger partial charge is 0.496 e. The van der Waals surface area contributed by atoms with Crippen molar-refractivity contribution in [1.29, 1.82) is 0 Å². The van der Waals surface area contributed by atoms with Crippen molar-refractivity contribution in [3.8, 4) is 5.75 Å². The monoisotopic (exact) mass is 281 g/mol. The van der Waals surface area contributed by atoms with E-state index in [-0.39, 0.29) is 0 Å². The van der Waals surface area contributed by atoms with Crippen LogP contribution in [0.1, 0.15) is 18.1 Å². The Morgan fingerprint density at radius 2 is 1.76 bits per heavy atom. The van der Waals surface area contributed by atoms with Crippen LogP contribution in [-0.4, -0.2) is 13.2 Å². The Kier molecular flexibility index (Phi) is 5.89. The lowest BCUT2D eigenvalue weighted by Gasteiger charge is -2.14.